The lowest BCUT2D eigenvalue weighted by Crippen LogP contribution is -3.00. The lowest BCUT2D eigenvalue weighted by Gasteiger charge is -2.51. The minimum atomic E-state index is -1.24. The molecule has 3 aromatic rings. The molecule has 3 saturated heterocycles. The van der Waals surface area contributed by atoms with Gasteiger partial charge in [-0.2, -0.15) is 0 Å². The van der Waals surface area contributed by atoms with Gasteiger partial charge >= 0.3 is 0 Å². The fourth-order valence-corrected chi connectivity index (χ4v) is 8.36. The van der Waals surface area contributed by atoms with E-state index < -0.39 is 5.60 Å². The van der Waals surface area contributed by atoms with Gasteiger partial charge in [-0.1, -0.05) is 55.7 Å². The Labute approximate surface area is 229 Å². The highest BCUT2D eigenvalue weighted by atomic mass is 35.5. The van der Waals surface area contributed by atoms with Crippen molar-refractivity contribution < 1.29 is 31.5 Å². The van der Waals surface area contributed by atoms with Gasteiger partial charge in [0.05, 0.1) is 24.9 Å². The number of thioether (sulfide) groups is 1. The first-order valence-corrected chi connectivity index (χ1v) is 14.3. The molecule has 37 heavy (non-hydrogen) atoms. The topological polar surface area (TPSA) is 79.4 Å². The van der Waals surface area contributed by atoms with Gasteiger partial charge in [-0.15, -0.1) is 22.0 Å². The Bertz CT molecular complexity index is 1180. The van der Waals surface area contributed by atoms with Gasteiger partial charge in [0.25, 0.3) is 11.8 Å². The molecule has 2 bridgehead atoms. The molecule has 1 aliphatic carbocycles. The second-order valence-electron chi connectivity index (χ2n) is 11.1. The molecule has 4 fully saturated rings. The second kappa shape index (κ2) is 11.0. The number of hydrogen-bond acceptors (Lipinski definition) is 6. The number of quaternary nitrogens is 1. The smallest absolute Gasteiger partial charge is 0.271 e. The quantitative estimate of drug-likeness (QED) is 0.447. The normalized spacial score (nSPS) is 27.4. The molecule has 3 aliphatic heterocycles. The highest BCUT2D eigenvalue weighted by Gasteiger charge is 2.48. The largest absolute Gasteiger partial charge is 1.00 e. The Hall–Kier alpha value is -2.06. The van der Waals surface area contributed by atoms with Gasteiger partial charge in [0, 0.05) is 23.7 Å². The van der Waals surface area contributed by atoms with E-state index in [1.807, 2.05) is 54.2 Å². The molecule has 1 saturated carbocycles. The number of aromatic nitrogens is 2. The SMILES string of the molecule is Oc1cccc(S[C@H]2C[N+]3(Cc4nnc([C@](O)(c5ccccc5)C5CCCCC5)o4)CCC2CC3)c1.[Cl-]. The van der Waals surface area contributed by atoms with Gasteiger partial charge in [-0.05, 0) is 42.5 Å². The predicted octanol–water partition coefficient (Wildman–Crippen LogP) is 2.50. The van der Waals surface area contributed by atoms with Crippen molar-refractivity contribution in [1.82, 2.24) is 10.2 Å². The molecule has 6 nitrogen and oxygen atoms in total. The number of piperidine rings is 3. The molecule has 1 aromatic heterocycles. The van der Waals surface area contributed by atoms with E-state index in [0.29, 0.717) is 35.2 Å². The standard InChI is InChI=1S/C29H35N3O3S.ClH/c33-24-12-7-13-25(18-24)36-26-19-32(16-14-21(26)15-17-32)20-27-30-31-28(35-27)29(34,22-8-3-1-4-9-22)23-10-5-2-6-11-23;/h1,3-4,7-9,12-13,18,21,23,26,34H,2,5-6,10-11,14-17,19-20H2;1H/t21?,26-,29-,32?;/m0./s1. The summed E-state index contributed by atoms with van der Waals surface area (Å²) in [6.07, 6.45) is 7.82. The highest BCUT2D eigenvalue weighted by Crippen LogP contribution is 2.45. The van der Waals surface area contributed by atoms with Crippen molar-refractivity contribution in [3.8, 4) is 5.75 Å². The number of nitrogens with zero attached hydrogens (tertiary/aromatic N) is 3. The van der Waals surface area contributed by atoms with Crippen molar-refractivity contribution in [2.45, 2.75) is 67.2 Å². The number of phenolic OH excluding ortho intramolecular Hbond substituents is 1. The minimum absolute atomic E-state index is 0. The maximum Gasteiger partial charge on any atom is 0.271 e. The zero-order valence-electron chi connectivity index (χ0n) is 21.1. The number of hydrogen-bond donors (Lipinski definition) is 2. The van der Waals surface area contributed by atoms with Crippen molar-refractivity contribution in [3.63, 3.8) is 0 Å². The van der Waals surface area contributed by atoms with Crippen LogP contribution < -0.4 is 12.4 Å². The lowest BCUT2D eigenvalue weighted by atomic mass is 9.73. The Morgan fingerprint density at radius 3 is 2.43 bits per heavy atom. The third kappa shape index (κ3) is 5.29. The van der Waals surface area contributed by atoms with Crippen molar-refractivity contribution >= 4 is 11.8 Å². The van der Waals surface area contributed by atoms with Crippen LogP contribution in [0.3, 0.4) is 0 Å². The van der Waals surface area contributed by atoms with E-state index in [-0.39, 0.29) is 18.3 Å². The van der Waals surface area contributed by atoms with Crippen molar-refractivity contribution in [2.24, 2.45) is 11.8 Å². The van der Waals surface area contributed by atoms with Gasteiger partial charge in [-0.3, -0.25) is 0 Å². The summed E-state index contributed by atoms with van der Waals surface area (Å²) >= 11 is 1.89. The molecular formula is C29H36ClN3O3S. The van der Waals surface area contributed by atoms with Crippen LogP contribution in [0.5, 0.6) is 5.75 Å². The Morgan fingerprint density at radius 2 is 1.70 bits per heavy atom. The molecule has 8 heteroatoms. The number of aliphatic hydroxyl groups is 1. The summed E-state index contributed by atoms with van der Waals surface area (Å²) < 4.78 is 7.31. The molecule has 0 radical (unpaired) electrons. The molecule has 0 unspecified atom stereocenters. The van der Waals surface area contributed by atoms with Crippen LogP contribution in [0, 0.1) is 11.8 Å². The summed E-state index contributed by atoms with van der Waals surface area (Å²) in [7, 11) is 0. The van der Waals surface area contributed by atoms with Crippen molar-refractivity contribution in [3.05, 3.63) is 71.9 Å². The first-order chi connectivity index (χ1) is 17.5. The molecular weight excluding hydrogens is 506 g/mol. The molecule has 2 atom stereocenters. The zero-order chi connectivity index (χ0) is 24.6. The van der Waals surface area contributed by atoms with Crippen molar-refractivity contribution in [2.75, 3.05) is 19.6 Å². The van der Waals surface area contributed by atoms with E-state index in [1.165, 1.54) is 19.3 Å². The summed E-state index contributed by atoms with van der Waals surface area (Å²) in [6.45, 7) is 4.04. The molecule has 4 aliphatic rings. The fraction of sp³-hybridized carbons (Fsp3) is 0.517. The number of benzene rings is 2. The van der Waals surface area contributed by atoms with Crippen LogP contribution in [0.2, 0.25) is 0 Å². The summed E-state index contributed by atoms with van der Waals surface area (Å²) in [4.78, 5) is 1.13. The van der Waals surface area contributed by atoms with Gasteiger partial charge < -0.3 is 31.5 Å². The van der Waals surface area contributed by atoms with Gasteiger partial charge in [0.2, 0.25) is 0 Å². The average molecular weight is 542 g/mol. The number of aromatic hydroxyl groups is 1. The van der Waals surface area contributed by atoms with Crippen LogP contribution in [0.4, 0.5) is 0 Å². The maximum atomic E-state index is 12.1. The van der Waals surface area contributed by atoms with Crippen molar-refractivity contribution in [1.29, 1.82) is 0 Å². The van der Waals surface area contributed by atoms with E-state index in [9.17, 15) is 10.2 Å². The molecule has 7 rings (SSSR count). The van der Waals surface area contributed by atoms with E-state index in [2.05, 4.69) is 16.3 Å². The number of halogens is 1. The number of phenols is 1. The average Bonchev–Trinajstić information content (AvgIpc) is 3.38. The zero-order valence-corrected chi connectivity index (χ0v) is 22.7. The molecule has 2 N–H and O–H groups in total. The van der Waals surface area contributed by atoms with Crippen LogP contribution in [0.1, 0.15) is 62.3 Å². The molecule has 2 aromatic carbocycles. The van der Waals surface area contributed by atoms with Crippen LogP contribution in [-0.2, 0) is 12.1 Å². The van der Waals surface area contributed by atoms with E-state index in [4.69, 9.17) is 4.42 Å². The first kappa shape index (κ1) is 26.5. The van der Waals surface area contributed by atoms with E-state index >= 15 is 0 Å². The number of rotatable bonds is 7. The fourth-order valence-electron chi connectivity index (χ4n) is 6.81. The summed E-state index contributed by atoms with van der Waals surface area (Å²) in [5.74, 6) is 2.11. The van der Waals surface area contributed by atoms with E-state index in [1.54, 1.807) is 6.07 Å². The molecule has 198 valence electrons. The first-order valence-electron chi connectivity index (χ1n) is 13.5. The van der Waals surface area contributed by atoms with Gasteiger partial charge in [-0.25, -0.2) is 0 Å². The summed E-state index contributed by atoms with van der Waals surface area (Å²) in [5, 5.41) is 31.5. The minimum Gasteiger partial charge on any atom is -1.00 e. The van der Waals surface area contributed by atoms with Gasteiger partial charge in [0.15, 0.2) is 12.1 Å². The molecule has 0 spiro atoms. The molecule has 0 amide bonds. The Balaban J connectivity index is 0.00000280. The second-order valence-corrected chi connectivity index (χ2v) is 12.4. The van der Waals surface area contributed by atoms with Crippen LogP contribution >= 0.6 is 11.8 Å². The monoisotopic (exact) mass is 541 g/mol. The summed E-state index contributed by atoms with van der Waals surface area (Å²) in [5.41, 5.74) is -0.393. The van der Waals surface area contributed by atoms with Crippen LogP contribution in [-0.4, -0.2) is 49.8 Å². The third-order valence-corrected chi connectivity index (χ3v) is 10.2. The highest BCUT2D eigenvalue weighted by molar-refractivity contribution is 8.00. The van der Waals surface area contributed by atoms with Gasteiger partial charge in [0.1, 0.15) is 5.75 Å². The lowest BCUT2D eigenvalue weighted by molar-refractivity contribution is -0.955. The third-order valence-electron chi connectivity index (χ3n) is 8.82. The predicted molar refractivity (Wildman–Crippen MR) is 139 cm³/mol. The Morgan fingerprint density at radius 1 is 0.946 bits per heavy atom. The molecule has 4 heterocycles. The Kier molecular flexibility index (Phi) is 7.87. The van der Waals surface area contributed by atoms with Crippen LogP contribution in [0.15, 0.2) is 63.9 Å². The van der Waals surface area contributed by atoms with Crippen LogP contribution in [0.25, 0.3) is 0 Å². The summed E-state index contributed by atoms with van der Waals surface area (Å²) in [6, 6.07) is 17.5. The number of fused-ring (bicyclic) bond motifs is 3. The van der Waals surface area contributed by atoms with E-state index in [0.717, 1.165) is 60.3 Å². The maximum absolute atomic E-state index is 12.1.